The van der Waals surface area contributed by atoms with Gasteiger partial charge in [0.1, 0.15) is 17.8 Å². The molecule has 2 aliphatic rings. The maximum absolute atomic E-state index is 12.2. The largest absolute Gasteiger partial charge is 0.383 e. The number of carbonyl (C=O) groups is 1. The minimum absolute atomic E-state index is 0.0166. The van der Waals surface area contributed by atoms with Gasteiger partial charge in [0, 0.05) is 56.1 Å². The summed E-state index contributed by atoms with van der Waals surface area (Å²) in [6, 6.07) is 8.76. The minimum Gasteiger partial charge on any atom is -0.383 e. The van der Waals surface area contributed by atoms with Gasteiger partial charge in [0.2, 0.25) is 5.91 Å². The van der Waals surface area contributed by atoms with E-state index in [-0.39, 0.29) is 11.8 Å². The van der Waals surface area contributed by atoms with Gasteiger partial charge < -0.3 is 20.1 Å². The lowest BCUT2D eigenvalue weighted by Crippen LogP contribution is -2.26. The smallest absolute Gasteiger partial charge is 0.245 e. The van der Waals surface area contributed by atoms with E-state index in [2.05, 4.69) is 50.3 Å². The summed E-state index contributed by atoms with van der Waals surface area (Å²) in [6.45, 7) is 7.27. The molecule has 7 nitrogen and oxygen atoms in total. The van der Waals surface area contributed by atoms with Crippen molar-refractivity contribution in [2.24, 2.45) is 7.05 Å². The molecule has 3 aromatic rings. The summed E-state index contributed by atoms with van der Waals surface area (Å²) in [7, 11) is 2.03. The van der Waals surface area contributed by atoms with Crippen molar-refractivity contribution in [2.45, 2.75) is 25.2 Å². The molecule has 31 heavy (non-hydrogen) atoms. The van der Waals surface area contributed by atoms with E-state index >= 15 is 0 Å². The summed E-state index contributed by atoms with van der Waals surface area (Å²) < 4.78 is 2.13. The highest BCUT2D eigenvalue weighted by Crippen LogP contribution is 2.42. The van der Waals surface area contributed by atoms with E-state index in [0.29, 0.717) is 12.4 Å². The van der Waals surface area contributed by atoms with Crippen LogP contribution in [0.3, 0.4) is 0 Å². The molecule has 2 fully saturated rings. The molecule has 5 rings (SSSR count). The van der Waals surface area contributed by atoms with Gasteiger partial charge in [0.05, 0.1) is 5.39 Å². The molecule has 4 heterocycles. The minimum atomic E-state index is -0.0166. The molecule has 0 bridgehead atoms. The fraction of sp³-hybridized carbons (Fsp3) is 0.375. The van der Waals surface area contributed by atoms with Crippen molar-refractivity contribution >= 4 is 28.4 Å². The highest BCUT2D eigenvalue weighted by atomic mass is 16.2. The molecule has 7 heteroatoms. The van der Waals surface area contributed by atoms with E-state index in [1.165, 1.54) is 30.9 Å². The number of nitrogens with two attached hydrogens (primary N) is 1. The molecule has 1 unspecified atom stereocenters. The summed E-state index contributed by atoms with van der Waals surface area (Å²) >= 11 is 0. The topological polar surface area (TPSA) is 80.3 Å². The molecule has 1 atom stereocenters. The maximum Gasteiger partial charge on any atom is 0.245 e. The Labute approximate surface area is 182 Å². The number of nitrogen functional groups attached to an aromatic ring is 1. The van der Waals surface area contributed by atoms with Gasteiger partial charge in [-0.1, -0.05) is 18.7 Å². The molecule has 2 aliphatic heterocycles. The zero-order chi connectivity index (χ0) is 21.5. The van der Waals surface area contributed by atoms with Crippen LogP contribution in [0.15, 0.2) is 43.2 Å². The summed E-state index contributed by atoms with van der Waals surface area (Å²) in [6.07, 6.45) is 6.32. The molecular formula is C24H28N6O. The number of likely N-dealkylation sites (tertiary alicyclic amines) is 1. The molecule has 2 saturated heterocycles. The molecule has 160 valence electrons. The standard InChI is InChI=1S/C24H28N6O/c1-3-19(31)30-13-10-17(14-30)22-20(21-23(25)26-15-27-24(21)28(22)2)16-6-8-18(9-7-16)29-11-4-5-12-29/h3,6-9,15,17H,1,4-5,10-14H2,2H3,(H2,25,26,27). The van der Waals surface area contributed by atoms with Crippen LogP contribution in [0.5, 0.6) is 0 Å². The third-order valence-corrected chi connectivity index (χ3v) is 6.73. The third kappa shape index (κ3) is 3.24. The maximum atomic E-state index is 12.2. The number of hydrogen-bond acceptors (Lipinski definition) is 5. The van der Waals surface area contributed by atoms with Gasteiger partial charge >= 0.3 is 0 Å². The van der Waals surface area contributed by atoms with Gasteiger partial charge in [0.25, 0.3) is 0 Å². The van der Waals surface area contributed by atoms with Crippen LogP contribution in [0.25, 0.3) is 22.2 Å². The van der Waals surface area contributed by atoms with Crippen LogP contribution in [0.1, 0.15) is 30.9 Å². The lowest BCUT2D eigenvalue weighted by molar-refractivity contribution is -0.125. The van der Waals surface area contributed by atoms with E-state index in [1.807, 2.05) is 11.9 Å². The predicted molar refractivity (Wildman–Crippen MR) is 124 cm³/mol. The Bertz CT molecular complexity index is 1140. The first-order valence-electron chi connectivity index (χ1n) is 10.9. The Hall–Kier alpha value is -3.35. The molecule has 0 spiro atoms. The molecular weight excluding hydrogens is 388 g/mol. The number of aryl methyl sites for hydroxylation is 1. The fourth-order valence-corrected chi connectivity index (χ4v) is 5.19. The average Bonchev–Trinajstić information content (AvgIpc) is 3.54. The van der Waals surface area contributed by atoms with E-state index in [9.17, 15) is 4.79 Å². The number of fused-ring (bicyclic) bond motifs is 1. The van der Waals surface area contributed by atoms with Gasteiger partial charge in [-0.05, 0) is 43.0 Å². The second-order valence-electron chi connectivity index (χ2n) is 8.49. The summed E-state index contributed by atoms with van der Waals surface area (Å²) in [4.78, 5) is 25.3. The van der Waals surface area contributed by atoms with Crippen molar-refractivity contribution in [3.63, 3.8) is 0 Å². The summed E-state index contributed by atoms with van der Waals surface area (Å²) in [5.41, 5.74) is 11.8. The van der Waals surface area contributed by atoms with Crippen molar-refractivity contribution in [3.05, 3.63) is 48.9 Å². The van der Waals surface area contributed by atoms with Crippen molar-refractivity contribution < 1.29 is 4.79 Å². The number of amides is 1. The van der Waals surface area contributed by atoms with Gasteiger partial charge in [-0.3, -0.25) is 4.79 Å². The normalized spacial score (nSPS) is 18.8. The number of nitrogens with zero attached hydrogens (tertiary/aromatic N) is 5. The van der Waals surface area contributed by atoms with E-state index in [1.54, 1.807) is 0 Å². The Morgan fingerprint density at radius 2 is 1.90 bits per heavy atom. The van der Waals surface area contributed by atoms with Crippen molar-refractivity contribution in [1.29, 1.82) is 0 Å². The highest BCUT2D eigenvalue weighted by Gasteiger charge is 2.32. The monoisotopic (exact) mass is 416 g/mol. The number of carbonyl (C=O) groups excluding carboxylic acids is 1. The highest BCUT2D eigenvalue weighted by molar-refractivity contribution is 6.02. The van der Waals surface area contributed by atoms with Crippen LogP contribution < -0.4 is 10.6 Å². The molecule has 2 aromatic heterocycles. The lowest BCUT2D eigenvalue weighted by Gasteiger charge is -2.19. The third-order valence-electron chi connectivity index (χ3n) is 6.73. The lowest BCUT2D eigenvalue weighted by atomic mass is 9.94. The van der Waals surface area contributed by atoms with Gasteiger partial charge in [0.15, 0.2) is 0 Å². The number of hydrogen-bond donors (Lipinski definition) is 1. The second kappa shape index (κ2) is 7.72. The Morgan fingerprint density at radius 3 is 2.61 bits per heavy atom. The summed E-state index contributed by atoms with van der Waals surface area (Å²) in [5.74, 6) is 0.676. The van der Waals surface area contributed by atoms with E-state index in [0.717, 1.165) is 53.9 Å². The molecule has 0 aliphatic carbocycles. The number of rotatable bonds is 4. The fourth-order valence-electron chi connectivity index (χ4n) is 5.19. The Balaban J connectivity index is 1.62. The van der Waals surface area contributed by atoms with Gasteiger partial charge in [-0.15, -0.1) is 0 Å². The van der Waals surface area contributed by atoms with Crippen molar-refractivity contribution in [2.75, 3.05) is 36.8 Å². The van der Waals surface area contributed by atoms with Gasteiger partial charge in [-0.25, -0.2) is 9.97 Å². The first-order chi connectivity index (χ1) is 15.1. The predicted octanol–water partition coefficient (Wildman–Crippen LogP) is 3.32. The molecule has 0 saturated carbocycles. The van der Waals surface area contributed by atoms with Crippen molar-refractivity contribution in [1.82, 2.24) is 19.4 Å². The Morgan fingerprint density at radius 1 is 1.16 bits per heavy atom. The van der Waals surface area contributed by atoms with Crippen LogP contribution >= 0.6 is 0 Å². The average molecular weight is 417 g/mol. The van der Waals surface area contributed by atoms with Crippen molar-refractivity contribution in [3.8, 4) is 11.1 Å². The number of benzene rings is 1. The summed E-state index contributed by atoms with van der Waals surface area (Å²) in [5, 5.41) is 0.891. The second-order valence-corrected chi connectivity index (χ2v) is 8.49. The number of aromatic nitrogens is 3. The molecule has 1 aromatic carbocycles. The first-order valence-corrected chi connectivity index (χ1v) is 10.9. The van der Waals surface area contributed by atoms with Crippen LogP contribution in [0, 0.1) is 0 Å². The molecule has 2 N–H and O–H groups in total. The quantitative estimate of drug-likeness (QED) is 0.660. The van der Waals surface area contributed by atoms with Crippen LogP contribution in [-0.4, -0.2) is 51.5 Å². The zero-order valence-corrected chi connectivity index (χ0v) is 17.9. The van der Waals surface area contributed by atoms with Crippen LogP contribution in [0.4, 0.5) is 11.5 Å². The van der Waals surface area contributed by atoms with Crippen LogP contribution in [-0.2, 0) is 11.8 Å². The SMILES string of the molecule is C=CC(=O)N1CCC(c2c(-c3ccc(N4CCCC4)cc3)c3c(N)ncnc3n2C)C1. The van der Waals surface area contributed by atoms with Gasteiger partial charge in [-0.2, -0.15) is 0 Å². The van der Waals surface area contributed by atoms with E-state index < -0.39 is 0 Å². The van der Waals surface area contributed by atoms with E-state index in [4.69, 9.17) is 5.73 Å². The molecule has 0 radical (unpaired) electrons. The Kier molecular flexibility index (Phi) is 4.88. The molecule has 1 amide bonds. The zero-order valence-electron chi connectivity index (χ0n) is 17.9. The number of anilines is 2. The van der Waals surface area contributed by atoms with Crippen LogP contribution in [0.2, 0.25) is 0 Å². The first kappa shape index (κ1) is 19.6.